The van der Waals surface area contributed by atoms with Crippen molar-refractivity contribution < 1.29 is 19.1 Å². The van der Waals surface area contributed by atoms with Crippen molar-refractivity contribution in [3.05, 3.63) is 100 Å². The smallest absolute Gasteiger partial charge is 0.233 e. The van der Waals surface area contributed by atoms with Gasteiger partial charge in [-0.25, -0.2) is 0 Å². The molecule has 1 amide bonds. The summed E-state index contributed by atoms with van der Waals surface area (Å²) in [5.41, 5.74) is 3.16. The number of methoxy groups -OCH3 is 1. The van der Waals surface area contributed by atoms with E-state index in [1.54, 1.807) is 21.2 Å². The predicted octanol–water partition coefficient (Wildman–Crippen LogP) is 4.40. The number of aryl methyl sites for hydroxylation is 3. The fourth-order valence-corrected chi connectivity index (χ4v) is 6.67. The molecule has 0 saturated heterocycles. The summed E-state index contributed by atoms with van der Waals surface area (Å²) in [5, 5.41) is 3.63. The van der Waals surface area contributed by atoms with E-state index in [4.69, 9.17) is 9.47 Å². The molecule has 0 spiro atoms. The molecule has 1 N–H and O–H groups in total. The van der Waals surface area contributed by atoms with Crippen molar-refractivity contribution in [2.24, 2.45) is 5.92 Å². The summed E-state index contributed by atoms with van der Waals surface area (Å²) >= 11 is 0. The van der Waals surface area contributed by atoms with E-state index in [1.165, 1.54) is 4.90 Å². The van der Waals surface area contributed by atoms with Gasteiger partial charge < -0.3 is 14.4 Å². The van der Waals surface area contributed by atoms with Crippen LogP contribution in [0.2, 0.25) is 0 Å². The van der Waals surface area contributed by atoms with Crippen LogP contribution in [0, 0.1) is 26.7 Å². The number of nitrogens with one attached hydrogen (secondary N) is 1. The van der Waals surface area contributed by atoms with E-state index in [9.17, 15) is 4.79 Å². The van der Waals surface area contributed by atoms with Gasteiger partial charge in [-0.1, -0.05) is 66.2 Å². The quantitative estimate of drug-likeness (QED) is 0.375. The fraction of sp³-hybridized carbons (Fsp3) is 0.375. The standard InChI is InChI=1S/C32H36N2O4/c1-20-12-14-24(15-13-20)32-28(23-10-8-7-9-11-23)26(30(36)34(4)5)29(35)31(32,33-16-17-37-6)27-22(3)18-21(2)19-25(27)38-32/h7-15,18-19,26,28,33H,16-17H2,1-6H3/t26-,28-,31+,32+/m1/s1. The van der Waals surface area contributed by atoms with Crippen molar-refractivity contribution in [1.82, 2.24) is 10.2 Å². The van der Waals surface area contributed by atoms with E-state index in [0.29, 0.717) is 18.9 Å². The van der Waals surface area contributed by atoms with Crippen LogP contribution in [0.15, 0.2) is 66.7 Å². The number of carbonyl (C=O) groups excluding carboxylic acids is 2. The van der Waals surface area contributed by atoms with E-state index in [0.717, 1.165) is 33.4 Å². The van der Waals surface area contributed by atoms with E-state index < -0.39 is 23.0 Å². The van der Waals surface area contributed by atoms with Crippen molar-refractivity contribution in [2.45, 2.75) is 37.8 Å². The van der Waals surface area contributed by atoms with Gasteiger partial charge in [0, 0.05) is 39.2 Å². The molecule has 1 fully saturated rings. The largest absolute Gasteiger partial charge is 0.479 e. The lowest BCUT2D eigenvalue weighted by Gasteiger charge is -2.43. The molecule has 4 atom stereocenters. The third-order valence-corrected chi connectivity index (χ3v) is 8.11. The predicted molar refractivity (Wildman–Crippen MR) is 147 cm³/mol. The minimum Gasteiger partial charge on any atom is -0.479 e. The van der Waals surface area contributed by atoms with Crippen LogP contribution in [-0.2, 0) is 25.5 Å². The van der Waals surface area contributed by atoms with Crippen LogP contribution in [0.5, 0.6) is 5.75 Å². The summed E-state index contributed by atoms with van der Waals surface area (Å²) < 4.78 is 12.6. The number of Topliss-reactive ketones (excluding diaryl/α,β-unsaturated/α-hetero) is 1. The Hall–Kier alpha value is -3.48. The monoisotopic (exact) mass is 512 g/mol. The average Bonchev–Trinajstić information content (AvgIpc) is 3.29. The summed E-state index contributed by atoms with van der Waals surface area (Å²) in [6, 6.07) is 22.1. The molecule has 5 rings (SSSR count). The Kier molecular flexibility index (Phi) is 6.66. The molecule has 6 nitrogen and oxygen atoms in total. The van der Waals surface area contributed by atoms with Crippen molar-refractivity contribution in [1.29, 1.82) is 0 Å². The topological polar surface area (TPSA) is 67.9 Å². The SMILES string of the molecule is COCCN[C@@]12C(=O)[C@H](C(=O)N(C)C)[C@@H](c3ccccc3)[C@]1(c1ccc(C)cc1)Oc1cc(C)cc(C)c12. The zero-order valence-electron chi connectivity index (χ0n) is 23.0. The molecule has 3 aromatic carbocycles. The van der Waals surface area contributed by atoms with Gasteiger partial charge >= 0.3 is 0 Å². The lowest BCUT2D eigenvalue weighted by molar-refractivity contribution is -0.140. The van der Waals surface area contributed by atoms with Gasteiger partial charge in [-0.05, 0) is 49.1 Å². The Labute approximate surface area is 225 Å². The van der Waals surface area contributed by atoms with Crippen molar-refractivity contribution in [3.63, 3.8) is 0 Å². The first-order valence-electron chi connectivity index (χ1n) is 13.1. The molecule has 198 valence electrons. The maximum Gasteiger partial charge on any atom is 0.233 e. The van der Waals surface area contributed by atoms with Crippen molar-refractivity contribution in [2.75, 3.05) is 34.4 Å². The van der Waals surface area contributed by atoms with Gasteiger partial charge in [-0.15, -0.1) is 0 Å². The Morgan fingerprint density at radius 1 is 1.00 bits per heavy atom. The number of carbonyl (C=O) groups is 2. The number of nitrogens with zero attached hydrogens (tertiary/aromatic N) is 1. The summed E-state index contributed by atoms with van der Waals surface area (Å²) in [6.45, 7) is 6.91. The van der Waals surface area contributed by atoms with Gasteiger partial charge in [0.25, 0.3) is 0 Å². The number of ketones is 1. The van der Waals surface area contributed by atoms with E-state index in [1.807, 2.05) is 81.4 Å². The number of ether oxygens (including phenoxy) is 2. The highest BCUT2D eigenvalue weighted by Gasteiger charge is 2.78. The van der Waals surface area contributed by atoms with E-state index >= 15 is 4.79 Å². The Morgan fingerprint density at radius 3 is 2.32 bits per heavy atom. The molecule has 0 radical (unpaired) electrons. The molecule has 1 aliphatic heterocycles. The van der Waals surface area contributed by atoms with Crippen molar-refractivity contribution in [3.8, 4) is 5.75 Å². The van der Waals surface area contributed by atoms with E-state index in [2.05, 4.69) is 11.4 Å². The number of hydrogen-bond acceptors (Lipinski definition) is 5. The third kappa shape index (κ3) is 3.62. The first kappa shape index (κ1) is 26.1. The highest BCUT2D eigenvalue weighted by molar-refractivity contribution is 6.11. The lowest BCUT2D eigenvalue weighted by Crippen LogP contribution is -2.60. The second-order valence-corrected chi connectivity index (χ2v) is 10.8. The Bertz CT molecular complexity index is 1370. The second kappa shape index (κ2) is 9.68. The van der Waals surface area contributed by atoms with Crippen LogP contribution in [0.1, 0.15) is 39.3 Å². The van der Waals surface area contributed by atoms with Gasteiger partial charge in [0.15, 0.2) is 16.9 Å². The zero-order chi connectivity index (χ0) is 27.2. The number of amides is 1. The van der Waals surface area contributed by atoms with Crippen LogP contribution >= 0.6 is 0 Å². The molecule has 2 aliphatic rings. The number of hydrogen-bond donors (Lipinski definition) is 1. The number of fused-ring (bicyclic) bond motifs is 3. The Morgan fingerprint density at radius 2 is 1.68 bits per heavy atom. The van der Waals surface area contributed by atoms with Crippen LogP contribution in [0.4, 0.5) is 0 Å². The van der Waals surface area contributed by atoms with Crippen LogP contribution in [0.25, 0.3) is 0 Å². The van der Waals surface area contributed by atoms with Gasteiger partial charge in [0.05, 0.1) is 6.61 Å². The molecule has 0 bridgehead atoms. The van der Waals surface area contributed by atoms with E-state index in [-0.39, 0.29) is 11.7 Å². The molecule has 6 heteroatoms. The minimum atomic E-state index is -1.30. The number of rotatable bonds is 7. The zero-order valence-corrected chi connectivity index (χ0v) is 23.0. The minimum absolute atomic E-state index is 0.174. The lowest BCUT2D eigenvalue weighted by atomic mass is 9.68. The highest BCUT2D eigenvalue weighted by Crippen LogP contribution is 2.67. The summed E-state index contributed by atoms with van der Waals surface area (Å²) in [7, 11) is 5.05. The molecule has 1 heterocycles. The normalized spacial score (nSPS) is 25.6. The number of benzene rings is 3. The van der Waals surface area contributed by atoms with Gasteiger partial charge in [0.2, 0.25) is 5.91 Å². The molecule has 38 heavy (non-hydrogen) atoms. The first-order valence-corrected chi connectivity index (χ1v) is 13.1. The van der Waals surface area contributed by atoms with Crippen LogP contribution < -0.4 is 10.1 Å². The second-order valence-electron chi connectivity index (χ2n) is 10.8. The summed E-state index contributed by atoms with van der Waals surface area (Å²) in [6.07, 6.45) is 0. The molecule has 0 unspecified atom stereocenters. The van der Waals surface area contributed by atoms with Gasteiger partial charge in [-0.3, -0.25) is 14.9 Å². The van der Waals surface area contributed by atoms with Gasteiger partial charge in [-0.2, -0.15) is 0 Å². The third-order valence-electron chi connectivity index (χ3n) is 8.11. The summed E-state index contributed by atoms with van der Waals surface area (Å²) in [5.74, 6) is -1.24. The van der Waals surface area contributed by atoms with Crippen LogP contribution in [0.3, 0.4) is 0 Å². The highest BCUT2D eigenvalue weighted by atomic mass is 16.5. The molecule has 1 saturated carbocycles. The Balaban J connectivity index is 1.92. The fourth-order valence-electron chi connectivity index (χ4n) is 6.67. The van der Waals surface area contributed by atoms with Crippen LogP contribution in [-0.4, -0.2) is 50.9 Å². The molecular weight excluding hydrogens is 476 g/mol. The molecular formula is C32H36N2O4. The maximum atomic E-state index is 15.0. The van der Waals surface area contributed by atoms with Crippen molar-refractivity contribution >= 4 is 11.7 Å². The molecule has 3 aromatic rings. The first-order chi connectivity index (χ1) is 18.2. The molecule has 0 aromatic heterocycles. The average molecular weight is 513 g/mol. The molecule has 1 aliphatic carbocycles. The maximum absolute atomic E-state index is 15.0. The summed E-state index contributed by atoms with van der Waals surface area (Å²) in [4.78, 5) is 30.5. The van der Waals surface area contributed by atoms with Gasteiger partial charge in [0.1, 0.15) is 11.7 Å².